The molecule has 126 valence electrons. The Labute approximate surface area is 140 Å². The minimum absolute atomic E-state index is 0.116. The van der Waals surface area contributed by atoms with Crippen LogP contribution in [0, 0.1) is 12.8 Å². The first kappa shape index (κ1) is 15.1. The van der Waals surface area contributed by atoms with Crippen LogP contribution in [0.25, 0.3) is 0 Å². The molecule has 0 spiro atoms. The van der Waals surface area contributed by atoms with Crippen LogP contribution in [-0.4, -0.2) is 52.3 Å². The predicted octanol–water partition coefficient (Wildman–Crippen LogP) is 1.26. The number of para-hydroxylation sites is 1. The smallest absolute Gasteiger partial charge is 0.229 e. The first-order chi connectivity index (χ1) is 11.7. The van der Waals surface area contributed by atoms with Crippen molar-refractivity contribution in [2.24, 2.45) is 5.92 Å². The molecule has 4 rings (SSSR count). The molecule has 3 heterocycles. The normalized spacial score (nSPS) is 23.5. The number of amides is 1. The number of ether oxygens (including phenoxy) is 2. The number of carbonyl (C=O) groups is 1. The van der Waals surface area contributed by atoms with E-state index in [4.69, 9.17) is 9.47 Å². The van der Waals surface area contributed by atoms with Crippen molar-refractivity contribution in [3.63, 3.8) is 0 Å². The Hall–Kier alpha value is -2.41. The Kier molecular flexibility index (Phi) is 3.93. The third-order valence-corrected chi connectivity index (χ3v) is 4.51. The van der Waals surface area contributed by atoms with Gasteiger partial charge in [-0.2, -0.15) is 5.10 Å². The Bertz CT molecular complexity index is 745. The molecule has 1 saturated heterocycles. The highest BCUT2D eigenvalue weighted by Gasteiger charge is 2.33. The molecule has 2 aliphatic rings. The molecule has 0 saturated carbocycles. The molecule has 24 heavy (non-hydrogen) atoms. The number of hydrogen-bond donors (Lipinski definition) is 1. The Morgan fingerprint density at radius 1 is 1.38 bits per heavy atom. The lowest BCUT2D eigenvalue weighted by Crippen LogP contribution is -2.47. The molecule has 2 atom stereocenters. The fourth-order valence-corrected chi connectivity index (χ4v) is 3.25. The van der Waals surface area contributed by atoms with E-state index in [-0.39, 0.29) is 17.9 Å². The van der Waals surface area contributed by atoms with Crippen molar-refractivity contribution in [2.45, 2.75) is 19.4 Å². The standard InChI is InChI=1S/C17H20N4O3/c1-11-18-16(20-19-11)15-9-21(6-7-23-15)17(22)13-8-12-4-2-3-5-14(12)24-10-13/h2-5,13,15H,6-10H2,1H3,(H,18,19,20). The molecule has 7 heteroatoms. The van der Waals surface area contributed by atoms with Crippen LogP contribution >= 0.6 is 0 Å². The zero-order valence-electron chi connectivity index (χ0n) is 13.6. The summed E-state index contributed by atoms with van der Waals surface area (Å²) in [6, 6.07) is 7.90. The van der Waals surface area contributed by atoms with Gasteiger partial charge in [0.05, 0.1) is 19.1 Å². The van der Waals surface area contributed by atoms with Crippen LogP contribution in [0.1, 0.15) is 23.3 Å². The van der Waals surface area contributed by atoms with Gasteiger partial charge in [-0.05, 0) is 25.0 Å². The van der Waals surface area contributed by atoms with E-state index in [2.05, 4.69) is 15.2 Å². The van der Waals surface area contributed by atoms with E-state index in [9.17, 15) is 4.79 Å². The fourth-order valence-electron chi connectivity index (χ4n) is 3.25. The average molecular weight is 328 g/mol. The summed E-state index contributed by atoms with van der Waals surface area (Å²) in [5.74, 6) is 2.21. The first-order valence-corrected chi connectivity index (χ1v) is 8.20. The van der Waals surface area contributed by atoms with Gasteiger partial charge in [-0.1, -0.05) is 18.2 Å². The lowest BCUT2D eigenvalue weighted by molar-refractivity contribution is -0.145. The Morgan fingerprint density at radius 2 is 2.25 bits per heavy atom. The summed E-state index contributed by atoms with van der Waals surface area (Å²) < 4.78 is 11.5. The number of nitrogens with zero attached hydrogens (tertiary/aromatic N) is 3. The number of rotatable bonds is 2. The van der Waals surface area contributed by atoms with Gasteiger partial charge in [0.1, 0.15) is 24.3 Å². The molecule has 0 radical (unpaired) electrons. The zero-order valence-corrected chi connectivity index (χ0v) is 13.6. The van der Waals surface area contributed by atoms with Crippen LogP contribution in [0.3, 0.4) is 0 Å². The Balaban J connectivity index is 1.45. The maximum absolute atomic E-state index is 12.9. The number of nitrogens with one attached hydrogen (secondary N) is 1. The van der Waals surface area contributed by atoms with Crippen LogP contribution in [0.15, 0.2) is 24.3 Å². The number of H-pyrrole nitrogens is 1. The summed E-state index contributed by atoms with van der Waals surface area (Å²) in [7, 11) is 0. The highest BCUT2D eigenvalue weighted by molar-refractivity contribution is 5.80. The van der Waals surface area contributed by atoms with Gasteiger partial charge in [0.25, 0.3) is 0 Å². The number of aromatic nitrogens is 3. The largest absolute Gasteiger partial charge is 0.492 e. The van der Waals surface area contributed by atoms with Crippen LogP contribution in [0.2, 0.25) is 0 Å². The molecule has 1 aromatic heterocycles. The highest BCUT2D eigenvalue weighted by atomic mass is 16.5. The first-order valence-electron chi connectivity index (χ1n) is 8.20. The van der Waals surface area contributed by atoms with Crippen LogP contribution in [-0.2, 0) is 16.0 Å². The van der Waals surface area contributed by atoms with E-state index < -0.39 is 0 Å². The van der Waals surface area contributed by atoms with E-state index in [1.165, 1.54) is 0 Å². The summed E-state index contributed by atoms with van der Waals surface area (Å²) in [4.78, 5) is 19.1. The second-order valence-electron chi connectivity index (χ2n) is 6.24. The minimum atomic E-state index is -0.274. The highest BCUT2D eigenvalue weighted by Crippen LogP contribution is 2.29. The maximum atomic E-state index is 12.9. The van der Waals surface area contributed by atoms with Crippen molar-refractivity contribution >= 4 is 5.91 Å². The maximum Gasteiger partial charge on any atom is 0.229 e. The van der Waals surface area contributed by atoms with Gasteiger partial charge >= 0.3 is 0 Å². The predicted molar refractivity (Wildman–Crippen MR) is 85.5 cm³/mol. The lowest BCUT2D eigenvalue weighted by atomic mass is 9.95. The van der Waals surface area contributed by atoms with Crippen molar-refractivity contribution < 1.29 is 14.3 Å². The summed E-state index contributed by atoms with van der Waals surface area (Å²) in [5, 5.41) is 6.97. The van der Waals surface area contributed by atoms with Crippen molar-refractivity contribution in [3.05, 3.63) is 41.5 Å². The number of hydrogen-bond acceptors (Lipinski definition) is 5. The SMILES string of the molecule is Cc1nc(C2CN(C(=O)C3COc4ccccc4C3)CCO2)n[nH]1. The molecule has 2 aliphatic heterocycles. The number of morpholine rings is 1. The molecule has 0 aliphatic carbocycles. The van der Waals surface area contributed by atoms with Gasteiger partial charge in [0.15, 0.2) is 5.82 Å². The van der Waals surface area contributed by atoms with Crippen LogP contribution in [0.4, 0.5) is 0 Å². The van der Waals surface area contributed by atoms with Gasteiger partial charge in [-0.25, -0.2) is 4.98 Å². The fraction of sp³-hybridized carbons (Fsp3) is 0.471. The lowest BCUT2D eigenvalue weighted by Gasteiger charge is -2.35. The van der Waals surface area contributed by atoms with E-state index in [1.807, 2.05) is 36.1 Å². The molecule has 2 aromatic rings. The molecule has 1 fully saturated rings. The van der Waals surface area contributed by atoms with E-state index in [0.29, 0.717) is 32.1 Å². The number of carbonyl (C=O) groups excluding carboxylic acids is 1. The molecule has 1 aromatic carbocycles. The van der Waals surface area contributed by atoms with E-state index in [1.54, 1.807) is 0 Å². The van der Waals surface area contributed by atoms with E-state index >= 15 is 0 Å². The van der Waals surface area contributed by atoms with Crippen LogP contribution < -0.4 is 4.74 Å². The number of aryl methyl sites for hydroxylation is 1. The second kappa shape index (κ2) is 6.24. The molecule has 0 bridgehead atoms. The summed E-state index contributed by atoms with van der Waals surface area (Å²) in [6.07, 6.45) is 0.445. The number of fused-ring (bicyclic) bond motifs is 1. The van der Waals surface area contributed by atoms with Gasteiger partial charge < -0.3 is 14.4 Å². The molecular formula is C17H20N4O3. The molecular weight excluding hydrogens is 308 g/mol. The molecule has 2 unspecified atom stereocenters. The quantitative estimate of drug-likeness (QED) is 0.898. The van der Waals surface area contributed by atoms with Crippen molar-refractivity contribution in [3.8, 4) is 5.75 Å². The Morgan fingerprint density at radius 3 is 3.08 bits per heavy atom. The zero-order chi connectivity index (χ0) is 16.5. The summed E-state index contributed by atoms with van der Waals surface area (Å²) in [5.41, 5.74) is 1.09. The van der Waals surface area contributed by atoms with Gasteiger partial charge in [-0.15, -0.1) is 0 Å². The molecule has 1 amide bonds. The second-order valence-corrected chi connectivity index (χ2v) is 6.24. The molecule has 1 N–H and O–H groups in total. The summed E-state index contributed by atoms with van der Waals surface area (Å²) >= 11 is 0. The molecule has 7 nitrogen and oxygen atoms in total. The minimum Gasteiger partial charge on any atom is -0.492 e. The number of aromatic amines is 1. The topological polar surface area (TPSA) is 80.3 Å². The van der Waals surface area contributed by atoms with Crippen molar-refractivity contribution in [1.29, 1.82) is 0 Å². The van der Waals surface area contributed by atoms with Gasteiger partial charge in [-0.3, -0.25) is 9.89 Å². The van der Waals surface area contributed by atoms with E-state index in [0.717, 1.165) is 23.6 Å². The average Bonchev–Trinajstić information content (AvgIpc) is 3.07. The summed E-state index contributed by atoms with van der Waals surface area (Å²) in [6.45, 7) is 3.84. The third-order valence-electron chi connectivity index (χ3n) is 4.51. The monoisotopic (exact) mass is 328 g/mol. The van der Waals surface area contributed by atoms with Crippen molar-refractivity contribution in [1.82, 2.24) is 20.1 Å². The van der Waals surface area contributed by atoms with Gasteiger partial charge in [0, 0.05) is 6.54 Å². The van der Waals surface area contributed by atoms with Crippen LogP contribution in [0.5, 0.6) is 5.75 Å². The van der Waals surface area contributed by atoms with Gasteiger partial charge in [0.2, 0.25) is 5.91 Å². The third kappa shape index (κ3) is 2.87. The number of benzene rings is 1. The van der Waals surface area contributed by atoms with Crippen molar-refractivity contribution in [2.75, 3.05) is 26.3 Å².